The van der Waals surface area contributed by atoms with Crippen LogP contribution in [0.4, 0.5) is 0 Å². The number of halogens is 1. The average Bonchev–Trinajstić information content (AvgIpc) is 3.08. The lowest BCUT2D eigenvalue weighted by molar-refractivity contribution is 0.238. The van der Waals surface area contributed by atoms with E-state index in [1.54, 1.807) is 38.5 Å². The van der Waals surface area contributed by atoms with E-state index >= 15 is 0 Å². The minimum absolute atomic E-state index is 0.0876. The summed E-state index contributed by atoms with van der Waals surface area (Å²) in [6.07, 6.45) is 0. The van der Waals surface area contributed by atoms with Crippen molar-refractivity contribution in [1.82, 2.24) is 10.2 Å². The first-order valence-corrected chi connectivity index (χ1v) is 7.51. The van der Waals surface area contributed by atoms with E-state index in [0.717, 1.165) is 5.56 Å². The zero-order valence-corrected chi connectivity index (χ0v) is 13.9. The normalized spacial score (nSPS) is 10.5. The highest BCUT2D eigenvalue weighted by Gasteiger charge is 2.14. The third kappa shape index (κ3) is 3.44. The maximum atomic E-state index is 5.97. The van der Waals surface area contributed by atoms with E-state index in [0.29, 0.717) is 34.1 Å². The lowest BCUT2D eigenvalue weighted by Gasteiger charge is -2.12. The molecule has 1 heterocycles. The summed E-state index contributed by atoms with van der Waals surface area (Å²) in [5.74, 6) is 2.30. The highest BCUT2D eigenvalue weighted by atomic mass is 35.5. The average molecular weight is 347 g/mol. The highest BCUT2D eigenvalue weighted by Crippen LogP contribution is 2.37. The molecular weight excluding hydrogens is 332 g/mol. The zero-order valence-electron chi connectivity index (χ0n) is 13.2. The molecule has 0 aliphatic heterocycles. The van der Waals surface area contributed by atoms with Gasteiger partial charge < -0.3 is 18.6 Å². The first-order valence-electron chi connectivity index (χ1n) is 7.13. The second kappa shape index (κ2) is 7.23. The van der Waals surface area contributed by atoms with Gasteiger partial charge in [-0.3, -0.25) is 0 Å². The minimum Gasteiger partial charge on any atom is -0.493 e. The largest absolute Gasteiger partial charge is 0.493 e. The molecule has 0 saturated heterocycles. The minimum atomic E-state index is 0.0876. The van der Waals surface area contributed by atoms with Gasteiger partial charge in [0.15, 0.2) is 18.1 Å². The molecule has 0 aliphatic rings. The molecule has 0 fully saturated rings. The lowest BCUT2D eigenvalue weighted by atomic mass is 10.2. The van der Waals surface area contributed by atoms with Gasteiger partial charge in [0, 0.05) is 10.6 Å². The number of hydrogen-bond acceptors (Lipinski definition) is 6. The van der Waals surface area contributed by atoms with Crippen LogP contribution in [0.5, 0.6) is 17.2 Å². The number of methoxy groups -OCH3 is 2. The van der Waals surface area contributed by atoms with E-state index in [1.165, 1.54) is 0 Å². The predicted molar refractivity (Wildman–Crippen MR) is 88.6 cm³/mol. The second-order valence-electron chi connectivity index (χ2n) is 4.79. The Balaban J connectivity index is 1.77. The fourth-order valence-corrected chi connectivity index (χ4v) is 2.33. The van der Waals surface area contributed by atoms with Crippen molar-refractivity contribution in [3.8, 4) is 28.7 Å². The van der Waals surface area contributed by atoms with E-state index in [2.05, 4.69) is 10.2 Å². The molecule has 0 bridgehead atoms. The summed E-state index contributed by atoms with van der Waals surface area (Å²) in [7, 11) is 3.12. The Morgan fingerprint density at radius 1 is 1.00 bits per heavy atom. The third-order valence-electron chi connectivity index (χ3n) is 3.26. The van der Waals surface area contributed by atoms with Crippen LogP contribution in [-0.4, -0.2) is 24.4 Å². The lowest BCUT2D eigenvalue weighted by Crippen LogP contribution is -2.00. The first kappa shape index (κ1) is 16.1. The Kier molecular flexibility index (Phi) is 4.86. The Bertz CT molecular complexity index is 813. The van der Waals surface area contributed by atoms with Gasteiger partial charge in [-0.15, -0.1) is 10.2 Å². The van der Waals surface area contributed by atoms with Crippen LogP contribution in [0.3, 0.4) is 0 Å². The summed E-state index contributed by atoms with van der Waals surface area (Å²) in [4.78, 5) is 0. The molecule has 1 aromatic heterocycles. The van der Waals surface area contributed by atoms with Gasteiger partial charge in [-0.2, -0.15) is 0 Å². The molecule has 6 nitrogen and oxygen atoms in total. The SMILES string of the molecule is COc1cccc(OC)c1OCc1nnc(-c2cccc(Cl)c2)o1. The van der Waals surface area contributed by atoms with E-state index in [9.17, 15) is 0 Å². The molecule has 0 unspecified atom stereocenters. The van der Waals surface area contributed by atoms with Crippen LogP contribution in [0.15, 0.2) is 46.9 Å². The number of para-hydroxylation sites is 1. The van der Waals surface area contributed by atoms with Gasteiger partial charge >= 0.3 is 0 Å². The standard InChI is InChI=1S/C17H15ClN2O4/c1-21-13-7-4-8-14(22-2)16(13)23-10-15-19-20-17(24-15)11-5-3-6-12(18)9-11/h3-9H,10H2,1-2H3. The number of nitrogens with zero attached hydrogens (tertiary/aromatic N) is 2. The fourth-order valence-electron chi connectivity index (χ4n) is 2.14. The molecule has 3 aromatic rings. The van der Waals surface area contributed by atoms with Crippen LogP contribution in [0.25, 0.3) is 11.5 Å². The number of hydrogen-bond donors (Lipinski definition) is 0. The summed E-state index contributed by atoms with van der Waals surface area (Å²) in [5.41, 5.74) is 0.746. The van der Waals surface area contributed by atoms with Crippen molar-refractivity contribution in [3.05, 3.63) is 53.4 Å². The van der Waals surface area contributed by atoms with Crippen molar-refractivity contribution in [1.29, 1.82) is 0 Å². The molecule has 0 aliphatic carbocycles. The molecule has 0 amide bonds. The number of aromatic nitrogens is 2. The quantitative estimate of drug-likeness (QED) is 0.672. The van der Waals surface area contributed by atoms with Crippen molar-refractivity contribution >= 4 is 11.6 Å². The van der Waals surface area contributed by atoms with Crippen LogP contribution in [0.1, 0.15) is 5.89 Å². The smallest absolute Gasteiger partial charge is 0.254 e. The second-order valence-corrected chi connectivity index (χ2v) is 5.23. The van der Waals surface area contributed by atoms with Crippen LogP contribution in [0, 0.1) is 0 Å². The van der Waals surface area contributed by atoms with Crippen molar-refractivity contribution in [2.24, 2.45) is 0 Å². The topological polar surface area (TPSA) is 66.6 Å². The van der Waals surface area contributed by atoms with Gasteiger partial charge in [0.2, 0.25) is 11.6 Å². The molecule has 7 heteroatoms. The summed E-state index contributed by atoms with van der Waals surface area (Å²) >= 11 is 5.97. The van der Waals surface area contributed by atoms with Crippen molar-refractivity contribution in [2.75, 3.05) is 14.2 Å². The van der Waals surface area contributed by atoms with Gasteiger partial charge in [-0.25, -0.2) is 0 Å². The third-order valence-corrected chi connectivity index (χ3v) is 3.50. The van der Waals surface area contributed by atoms with Gasteiger partial charge in [0.05, 0.1) is 14.2 Å². The fraction of sp³-hybridized carbons (Fsp3) is 0.176. The van der Waals surface area contributed by atoms with Crippen LogP contribution >= 0.6 is 11.6 Å². The first-order chi connectivity index (χ1) is 11.7. The molecule has 24 heavy (non-hydrogen) atoms. The van der Waals surface area contributed by atoms with E-state index in [4.69, 9.17) is 30.2 Å². The van der Waals surface area contributed by atoms with Crippen molar-refractivity contribution in [3.63, 3.8) is 0 Å². The summed E-state index contributed by atoms with van der Waals surface area (Å²) < 4.78 is 21.9. The highest BCUT2D eigenvalue weighted by molar-refractivity contribution is 6.30. The van der Waals surface area contributed by atoms with Gasteiger partial charge in [-0.05, 0) is 30.3 Å². The van der Waals surface area contributed by atoms with Gasteiger partial charge in [-0.1, -0.05) is 23.7 Å². The van der Waals surface area contributed by atoms with Crippen LogP contribution in [0.2, 0.25) is 5.02 Å². The van der Waals surface area contributed by atoms with Crippen LogP contribution in [-0.2, 0) is 6.61 Å². The monoisotopic (exact) mass is 346 g/mol. The van der Waals surface area contributed by atoms with Crippen molar-refractivity contribution in [2.45, 2.75) is 6.61 Å². The molecular formula is C17H15ClN2O4. The van der Waals surface area contributed by atoms with E-state index in [-0.39, 0.29) is 6.61 Å². The Hall–Kier alpha value is -2.73. The summed E-state index contributed by atoms with van der Waals surface area (Å²) in [6, 6.07) is 12.6. The molecule has 0 atom stereocenters. The van der Waals surface area contributed by atoms with Gasteiger partial charge in [0.1, 0.15) is 0 Å². The molecule has 0 radical (unpaired) electrons. The van der Waals surface area contributed by atoms with Gasteiger partial charge in [0.25, 0.3) is 5.89 Å². The van der Waals surface area contributed by atoms with Crippen LogP contribution < -0.4 is 14.2 Å². The maximum absolute atomic E-state index is 5.97. The molecule has 0 N–H and O–H groups in total. The number of benzene rings is 2. The zero-order chi connectivity index (χ0) is 16.9. The number of ether oxygens (including phenoxy) is 3. The molecule has 3 rings (SSSR count). The molecule has 0 saturated carbocycles. The Labute approximate surface area is 143 Å². The number of rotatable bonds is 6. The predicted octanol–water partition coefficient (Wildman–Crippen LogP) is 3.99. The Morgan fingerprint density at radius 3 is 2.38 bits per heavy atom. The van der Waals surface area contributed by atoms with E-state index < -0.39 is 0 Å². The molecule has 2 aromatic carbocycles. The van der Waals surface area contributed by atoms with Crippen molar-refractivity contribution < 1.29 is 18.6 Å². The maximum Gasteiger partial charge on any atom is 0.254 e. The summed E-state index contributed by atoms with van der Waals surface area (Å²) in [5, 5.41) is 8.59. The Morgan fingerprint density at radius 2 is 1.71 bits per heavy atom. The van der Waals surface area contributed by atoms with E-state index in [1.807, 2.05) is 18.2 Å². The molecule has 124 valence electrons. The molecule has 0 spiro atoms. The summed E-state index contributed by atoms with van der Waals surface area (Å²) in [6.45, 7) is 0.0876.